The fourth-order valence-electron chi connectivity index (χ4n) is 9.34. The van der Waals surface area contributed by atoms with Crippen molar-refractivity contribution in [3.8, 4) is 0 Å². The fraction of sp³-hybridized carbons (Fsp3) is 0.698. The number of fused-ring (bicyclic) bond motifs is 2. The molecule has 0 saturated carbocycles. The molecule has 5 rings (SSSR count). The summed E-state index contributed by atoms with van der Waals surface area (Å²) < 4.78 is 24.0. The Bertz CT molecular complexity index is 2030. The third kappa shape index (κ3) is 18.3. The number of rotatable bonds is 29. The predicted molar refractivity (Wildman–Crippen MR) is 275 cm³/mol. The molecule has 2 aliphatic heterocycles. The summed E-state index contributed by atoms with van der Waals surface area (Å²) in [4.78, 5) is 51.7. The number of unbranched alkanes of at least 4 members (excludes halogenated alkanes) is 2. The second kappa shape index (κ2) is 27.2. The number of carbonyl (C=O) groups is 2. The van der Waals surface area contributed by atoms with Crippen LogP contribution in [-0.2, 0) is 54.2 Å². The van der Waals surface area contributed by atoms with Gasteiger partial charge in [-0.25, -0.2) is 24.7 Å². The number of methoxy groups -OCH3 is 2. The molecule has 2 aliphatic rings. The van der Waals surface area contributed by atoms with Gasteiger partial charge < -0.3 is 50.4 Å². The third-order valence-electron chi connectivity index (χ3n) is 13.2. The Balaban J connectivity index is 1.18. The van der Waals surface area contributed by atoms with Gasteiger partial charge in [0, 0.05) is 82.7 Å². The van der Waals surface area contributed by atoms with E-state index in [4.69, 9.17) is 34.6 Å². The fourth-order valence-corrected chi connectivity index (χ4v) is 9.34. The van der Waals surface area contributed by atoms with Crippen LogP contribution < -0.4 is 21.7 Å². The van der Waals surface area contributed by atoms with Crippen LogP contribution in [0, 0.1) is 12.3 Å². The van der Waals surface area contributed by atoms with Crippen molar-refractivity contribution >= 4 is 29.5 Å². The van der Waals surface area contributed by atoms with Crippen molar-refractivity contribution < 1.29 is 28.5 Å². The minimum absolute atomic E-state index is 0.00716. The number of aromatic nitrogens is 4. The van der Waals surface area contributed by atoms with E-state index < -0.39 is 41.1 Å². The summed E-state index contributed by atoms with van der Waals surface area (Å²) in [6.45, 7) is 21.7. The Kier molecular flexibility index (Phi) is 21.9. The quantitative estimate of drug-likeness (QED) is 0.0404. The van der Waals surface area contributed by atoms with Crippen molar-refractivity contribution in [2.45, 2.75) is 168 Å². The van der Waals surface area contributed by atoms with Crippen LogP contribution in [0.3, 0.4) is 0 Å². The molecule has 0 saturated heterocycles. The first-order chi connectivity index (χ1) is 32.9. The van der Waals surface area contributed by atoms with Gasteiger partial charge in [0.15, 0.2) is 0 Å². The van der Waals surface area contributed by atoms with Gasteiger partial charge in [0.2, 0.25) is 5.95 Å². The van der Waals surface area contributed by atoms with Gasteiger partial charge >= 0.3 is 11.9 Å². The van der Waals surface area contributed by atoms with E-state index in [0.717, 1.165) is 119 Å². The van der Waals surface area contributed by atoms with Gasteiger partial charge in [-0.3, -0.25) is 4.79 Å². The molecule has 0 unspecified atom stereocenters. The summed E-state index contributed by atoms with van der Waals surface area (Å²) in [7, 11) is 3.43. The van der Waals surface area contributed by atoms with E-state index in [0.29, 0.717) is 45.0 Å². The number of aryl methyl sites for hydroxylation is 5. The molecule has 0 fully saturated rings. The van der Waals surface area contributed by atoms with Gasteiger partial charge in [-0.15, -0.1) is 0 Å². The maximum atomic E-state index is 14.5. The Morgan fingerprint density at radius 2 is 1.25 bits per heavy atom. The van der Waals surface area contributed by atoms with Crippen molar-refractivity contribution in [3.05, 3.63) is 64.7 Å². The number of esters is 2. The van der Waals surface area contributed by atoms with E-state index in [-0.39, 0.29) is 12.2 Å². The zero-order valence-corrected chi connectivity index (χ0v) is 43.7. The third-order valence-corrected chi connectivity index (χ3v) is 13.2. The Labute approximate surface area is 413 Å². The van der Waals surface area contributed by atoms with Gasteiger partial charge in [-0.1, -0.05) is 32.9 Å². The molecule has 69 heavy (non-hydrogen) atoms. The largest absolute Gasteiger partial charge is 0.456 e. The first-order valence-corrected chi connectivity index (χ1v) is 25.6. The van der Waals surface area contributed by atoms with Crippen molar-refractivity contribution in [2.75, 3.05) is 82.5 Å². The molecule has 5 atom stereocenters. The molecular formula is C53H86N10O6. The summed E-state index contributed by atoms with van der Waals surface area (Å²) in [6.07, 6.45) is 13.5. The van der Waals surface area contributed by atoms with Crippen molar-refractivity contribution in [1.82, 2.24) is 29.7 Å². The van der Waals surface area contributed by atoms with Gasteiger partial charge in [-0.05, 0) is 154 Å². The maximum Gasteiger partial charge on any atom is 0.329 e. The number of carbonyl (C=O) groups excluding carboxylic acids is 2. The molecule has 3 aromatic heterocycles. The minimum atomic E-state index is -1.22. The highest BCUT2D eigenvalue weighted by Gasteiger charge is 2.46. The maximum absolute atomic E-state index is 14.5. The van der Waals surface area contributed by atoms with Crippen LogP contribution >= 0.6 is 0 Å². The highest BCUT2D eigenvalue weighted by atomic mass is 16.6. The first-order valence-electron chi connectivity index (χ1n) is 25.6. The highest BCUT2D eigenvalue weighted by Crippen LogP contribution is 2.34. The lowest BCUT2D eigenvalue weighted by Gasteiger charge is -2.42. The van der Waals surface area contributed by atoms with E-state index in [1.807, 2.05) is 34.6 Å². The van der Waals surface area contributed by atoms with E-state index in [1.165, 1.54) is 11.1 Å². The van der Waals surface area contributed by atoms with Crippen LogP contribution in [0.25, 0.3) is 0 Å². The molecule has 0 aliphatic carbocycles. The Hall–Kier alpha value is -4.48. The smallest absolute Gasteiger partial charge is 0.329 e. The minimum Gasteiger partial charge on any atom is -0.456 e. The van der Waals surface area contributed by atoms with Crippen LogP contribution in [0.4, 0.5) is 17.6 Å². The molecule has 5 N–H and O–H groups in total. The Morgan fingerprint density at radius 3 is 1.74 bits per heavy atom. The number of nitrogens with two attached hydrogens (primary N) is 1. The molecule has 3 aromatic rings. The van der Waals surface area contributed by atoms with Crippen LogP contribution in [-0.4, -0.2) is 144 Å². The van der Waals surface area contributed by atoms with Gasteiger partial charge in [-0.2, -0.15) is 0 Å². The van der Waals surface area contributed by atoms with Crippen LogP contribution in [0.5, 0.6) is 0 Å². The number of nitrogens with zero attached hydrogens (tertiary/aromatic N) is 6. The van der Waals surface area contributed by atoms with Gasteiger partial charge in [0.1, 0.15) is 35.4 Å². The number of nitrogens with one attached hydrogen (secondary N) is 3. The van der Waals surface area contributed by atoms with Crippen LogP contribution in [0.1, 0.15) is 128 Å². The van der Waals surface area contributed by atoms with E-state index >= 15 is 0 Å². The molecule has 384 valence electrons. The zero-order valence-electron chi connectivity index (χ0n) is 43.7. The molecular weight excluding hydrogens is 873 g/mol. The molecule has 0 amide bonds. The predicted octanol–water partition coefficient (Wildman–Crippen LogP) is 7.18. The van der Waals surface area contributed by atoms with E-state index in [1.54, 1.807) is 40.5 Å². The molecule has 16 heteroatoms. The molecule has 16 nitrogen and oxygen atoms in total. The first kappa shape index (κ1) is 55.4. The summed E-state index contributed by atoms with van der Waals surface area (Å²) >= 11 is 0. The second-order valence-corrected chi connectivity index (χ2v) is 21.0. The topological polar surface area (TPSA) is 191 Å². The molecule has 0 radical (unpaired) electrons. The number of anilines is 3. The molecule has 0 aromatic carbocycles. The van der Waals surface area contributed by atoms with E-state index in [9.17, 15) is 9.59 Å². The number of ether oxygens (including phenoxy) is 4. The lowest BCUT2D eigenvalue weighted by atomic mass is 9.79. The number of hydrogen-bond donors (Lipinski definition) is 4. The average molecular weight is 959 g/mol. The monoisotopic (exact) mass is 959 g/mol. The normalized spacial score (nSPS) is 16.1. The summed E-state index contributed by atoms with van der Waals surface area (Å²) in [5.41, 5.74) is 10.4. The van der Waals surface area contributed by atoms with Crippen molar-refractivity contribution in [2.24, 2.45) is 11.1 Å². The van der Waals surface area contributed by atoms with Crippen LogP contribution in [0.15, 0.2) is 36.7 Å². The number of hydrogen-bond acceptors (Lipinski definition) is 16. The van der Waals surface area contributed by atoms with Gasteiger partial charge in [0.05, 0.1) is 12.2 Å². The van der Waals surface area contributed by atoms with E-state index in [2.05, 4.69) is 66.9 Å². The Morgan fingerprint density at radius 1 is 0.739 bits per heavy atom. The second-order valence-electron chi connectivity index (χ2n) is 21.0. The molecule has 0 spiro atoms. The highest BCUT2D eigenvalue weighted by molar-refractivity contribution is 5.79. The standard InChI is InChI=1S/C53H86N10O6/c1-37-33-57-51(58-34-37)61-45(26-32-63(36-39(3)67-10)30-14-12-20-43-24-22-41-18-16-28-56-47(41)60-43)49(65)68-50(52(4,5)6)53(7,8)69-48(64)44(54)25-31-62(35-38(2)66-9)29-13-11-19-42-23-21-40-17-15-27-55-46(40)59-42/h21-24,33-34,38-39,44-45,50H,11-20,25-32,35-36,54H2,1-10H3,(H,55,59)(H,56,60)(H,57,58,61)/t38-,39-,44+,45+,50+/m1/s1. The van der Waals surface area contributed by atoms with Gasteiger partial charge in [0.25, 0.3) is 0 Å². The van der Waals surface area contributed by atoms with Crippen molar-refractivity contribution in [3.63, 3.8) is 0 Å². The lowest BCUT2D eigenvalue weighted by molar-refractivity contribution is -0.195. The SMILES string of the molecule is CO[C@H](C)CN(CCCCc1ccc2c(n1)NCCC2)CC[C@H](Nc1ncc(C)cn1)C(=O)O[C@@H](C(C)(C)C)C(C)(C)OC(=O)[C@@H](N)CCN(CCCCc1ccc2c(n1)NCCC2)C[C@@H](C)OC. The zero-order chi connectivity index (χ0) is 50.0. The lowest BCUT2D eigenvalue weighted by Crippen LogP contribution is -2.54. The average Bonchev–Trinajstić information content (AvgIpc) is 3.33. The summed E-state index contributed by atoms with van der Waals surface area (Å²) in [5.74, 6) is 1.36. The molecule has 5 heterocycles. The molecule has 0 bridgehead atoms. The van der Waals surface area contributed by atoms with Crippen molar-refractivity contribution in [1.29, 1.82) is 0 Å². The summed E-state index contributed by atoms with van der Waals surface area (Å²) in [6, 6.07) is 7.04. The summed E-state index contributed by atoms with van der Waals surface area (Å²) in [5, 5.41) is 10.2. The number of pyridine rings is 2. The van der Waals surface area contributed by atoms with Crippen LogP contribution in [0.2, 0.25) is 0 Å².